The molecule has 1 heterocycles. The topological polar surface area (TPSA) is 78.4 Å². The number of hydrogen-bond donors (Lipinski definition) is 3. The second kappa shape index (κ2) is 7.63. The van der Waals surface area contributed by atoms with E-state index in [-0.39, 0.29) is 17.9 Å². The van der Waals surface area contributed by atoms with E-state index in [1.165, 1.54) is 0 Å². The molecular formula is C12H22N2O3S. The smallest absolute Gasteiger partial charge is 0.326 e. The maximum Gasteiger partial charge on any atom is 0.326 e. The molecule has 0 aromatic carbocycles. The number of carboxylic acids is 1. The molecule has 2 unspecified atom stereocenters. The van der Waals surface area contributed by atoms with Gasteiger partial charge in [0.2, 0.25) is 5.91 Å². The lowest BCUT2D eigenvalue weighted by Crippen LogP contribution is -2.54. The Labute approximate surface area is 112 Å². The predicted octanol–water partition coefficient (Wildman–Crippen LogP) is 0.697. The number of hydrogen-bond acceptors (Lipinski definition) is 4. The average Bonchev–Trinajstić information content (AvgIpc) is 2.34. The van der Waals surface area contributed by atoms with Crippen molar-refractivity contribution in [3.63, 3.8) is 0 Å². The van der Waals surface area contributed by atoms with Crippen LogP contribution in [0, 0.1) is 5.92 Å². The summed E-state index contributed by atoms with van der Waals surface area (Å²) in [5.74, 6) is -0.157. The summed E-state index contributed by atoms with van der Waals surface area (Å²) >= 11 is 1.58. The van der Waals surface area contributed by atoms with Gasteiger partial charge >= 0.3 is 5.97 Å². The Morgan fingerprint density at radius 1 is 1.56 bits per heavy atom. The van der Waals surface area contributed by atoms with E-state index in [4.69, 9.17) is 5.11 Å². The van der Waals surface area contributed by atoms with Crippen molar-refractivity contribution in [2.24, 2.45) is 5.92 Å². The second-order valence-corrected chi connectivity index (χ2v) is 5.72. The van der Waals surface area contributed by atoms with Crippen molar-refractivity contribution in [2.75, 3.05) is 18.6 Å². The molecule has 0 radical (unpaired) electrons. The highest BCUT2D eigenvalue weighted by molar-refractivity contribution is 7.98. The lowest BCUT2D eigenvalue weighted by molar-refractivity contribution is -0.142. The van der Waals surface area contributed by atoms with Crippen LogP contribution in [0.3, 0.4) is 0 Å². The molecule has 0 aliphatic carbocycles. The monoisotopic (exact) mass is 274 g/mol. The van der Waals surface area contributed by atoms with Crippen molar-refractivity contribution in [3.05, 3.63) is 0 Å². The van der Waals surface area contributed by atoms with Crippen LogP contribution in [0.4, 0.5) is 0 Å². The van der Waals surface area contributed by atoms with E-state index in [1.807, 2.05) is 13.2 Å². The fraction of sp³-hybridized carbons (Fsp3) is 0.833. The van der Waals surface area contributed by atoms with Crippen LogP contribution in [0.25, 0.3) is 0 Å². The average molecular weight is 274 g/mol. The van der Waals surface area contributed by atoms with E-state index in [9.17, 15) is 9.59 Å². The first-order valence-corrected chi connectivity index (χ1v) is 7.71. The number of carbonyl (C=O) groups is 2. The molecule has 0 aromatic rings. The van der Waals surface area contributed by atoms with Crippen molar-refractivity contribution in [2.45, 2.75) is 38.3 Å². The summed E-state index contributed by atoms with van der Waals surface area (Å²) < 4.78 is 0. The van der Waals surface area contributed by atoms with Crippen LogP contribution >= 0.6 is 11.8 Å². The summed E-state index contributed by atoms with van der Waals surface area (Å²) in [6.45, 7) is 2.85. The maximum atomic E-state index is 12.0. The van der Waals surface area contributed by atoms with Crippen LogP contribution in [-0.2, 0) is 9.59 Å². The lowest BCUT2D eigenvalue weighted by Gasteiger charge is -2.30. The minimum atomic E-state index is -0.958. The highest BCUT2D eigenvalue weighted by Crippen LogP contribution is 2.16. The van der Waals surface area contributed by atoms with Crippen LogP contribution in [0.15, 0.2) is 0 Å². The van der Waals surface area contributed by atoms with E-state index in [0.29, 0.717) is 6.42 Å². The van der Waals surface area contributed by atoms with Crippen LogP contribution < -0.4 is 10.6 Å². The third-order valence-corrected chi connectivity index (χ3v) is 3.92. The van der Waals surface area contributed by atoms with E-state index in [2.05, 4.69) is 10.6 Å². The summed E-state index contributed by atoms with van der Waals surface area (Å²) in [6.07, 6.45) is 4.46. The third-order valence-electron chi connectivity index (χ3n) is 3.28. The summed E-state index contributed by atoms with van der Waals surface area (Å²) in [7, 11) is 0. The number of nitrogens with one attached hydrogen (secondary N) is 2. The predicted molar refractivity (Wildman–Crippen MR) is 72.8 cm³/mol. The van der Waals surface area contributed by atoms with Gasteiger partial charge in [-0.1, -0.05) is 6.92 Å². The van der Waals surface area contributed by atoms with Gasteiger partial charge in [0.25, 0.3) is 0 Å². The standard InChI is InChI=1S/C12H22N2O3S/c1-8-4-3-6-13-10(8)11(15)14-9(12(16)17)5-7-18-2/h8-10,13H,3-7H2,1-2H3,(H,14,15)(H,16,17)/t8?,9-,10?/m1/s1. The van der Waals surface area contributed by atoms with Crippen LogP contribution in [-0.4, -0.2) is 47.6 Å². The van der Waals surface area contributed by atoms with Gasteiger partial charge in [-0.15, -0.1) is 0 Å². The first kappa shape index (κ1) is 15.3. The van der Waals surface area contributed by atoms with Gasteiger partial charge < -0.3 is 15.7 Å². The molecule has 1 fully saturated rings. The number of aliphatic carboxylic acids is 1. The molecule has 0 saturated carbocycles. The number of amides is 1. The van der Waals surface area contributed by atoms with Crippen LogP contribution in [0.1, 0.15) is 26.2 Å². The molecular weight excluding hydrogens is 252 g/mol. The highest BCUT2D eigenvalue weighted by atomic mass is 32.2. The van der Waals surface area contributed by atoms with Gasteiger partial charge in [0.15, 0.2) is 0 Å². The molecule has 6 heteroatoms. The van der Waals surface area contributed by atoms with Crippen molar-refractivity contribution in [1.29, 1.82) is 0 Å². The van der Waals surface area contributed by atoms with E-state index in [1.54, 1.807) is 11.8 Å². The molecule has 5 nitrogen and oxygen atoms in total. The number of rotatable bonds is 6. The Kier molecular flexibility index (Phi) is 6.49. The van der Waals surface area contributed by atoms with Crippen molar-refractivity contribution < 1.29 is 14.7 Å². The zero-order valence-electron chi connectivity index (χ0n) is 10.9. The third kappa shape index (κ3) is 4.49. The van der Waals surface area contributed by atoms with Gasteiger partial charge in [-0.05, 0) is 43.7 Å². The number of piperidine rings is 1. The van der Waals surface area contributed by atoms with Crippen molar-refractivity contribution in [1.82, 2.24) is 10.6 Å². The summed E-state index contributed by atoms with van der Waals surface area (Å²) in [4.78, 5) is 23.1. The fourth-order valence-electron chi connectivity index (χ4n) is 2.16. The first-order valence-electron chi connectivity index (χ1n) is 6.31. The number of carboxylic acid groups (broad SMARTS) is 1. The fourth-order valence-corrected chi connectivity index (χ4v) is 2.63. The zero-order valence-corrected chi connectivity index (χ0v) is 11.8. The molecule has 1 aliphatic rings. The van der Waals surface area contributed by atoms with E-state index in [0.717, 1.165) is 25.1 Å². The first-order chi connectivity index (χ1) is 8.56. The quantitative estimate of drug-likeness (QED) is 0.664. The minimum absolute atomic E-state index is 0.185. The summed E-state index contributed by atoms with van der Waals surface area (Å²) in [6, 6.07) is -1.03. The molecule has 1 saturated heterocycles. The van der Waals surface area contributed by atoms with Crippen LogP contribution in [0.5, 0.6) is 0 Å². The molecule has 0 aromatic heterocycles. The summed E-state index contributed by atoms with van der Waals surface area (Å²) in [5.41, 5.74) is 0. The molecule has 1 aliphatic heterocycles. The Morgan fingerprint density at radius 2 is 2.28 bits per heavy atom. The molecule has 1 rings (SSSR count). The lowest BCUT2D eigenvalue weighted by atomic mass is 9.92. The number of thioether (sulfide) groups is 1. The normalized spacial score (nSPS) is 25.4. The highest BCUT2D eigenvalue weighted by Gasteiger charge is 2.30. The molecule has 18 heavy (non-hydrogen) atoms. The Hall–Kier alpha value is -0.750. The van der Waals surface area contributed by atoms with E-state index < -0.39 is 12.0 Å². The Morgan fingerprint density at radius 3 is 2.83 bits per heavy atom. The van der Waals surface area contributed by atoms with E-state index >= 15 is 0 Å². The summed E-state index contributed by atoms with van der Waals surface area (Å²) in [5, 5.41) is 14.9. The number of carbonyl (C=O) groups excluding carboxylic acids is 1. The largest absolute Gasteiger partial charge is 0.480 e. The van der Waals surface area contributed by atoms with Gasteiger partial charge in [-0.3, -0.25) is 4.79 Å². The Bertz CT molecular complexity index is 299. The SMILES string of the molecule is CSCC[C@@H](NC(=O)C1NCCCC1C)C(=O)O. The second-order valence-electron chi connectivity index (χ2n) is 4.73. The molecule has 0 bridgehead atoms. The molecule has 0 spiro atoms. The molecule has 1 amide bonds. The van der Waals surface area contributed by atoms with Gasteiger partial charge in [-0.2, -0.15) is 11.8 Å². The molecule has 104 valence electrons. The van der Waals surface area contributed by atoms with Gasteiger partial charge in [0, 0.05) is 0 Å². The molecule has 3 N–H and O–H groups in total. The van der Waals surface area contributed by atoms with Gasteiger partial charge in [0.1, 0.15) is 6.04 Å². The van der Waals surface area contributed by atoms with Gasteiger partial charge in [-0.25, -0.2) is 4.79 Å². The maximum absolute atomic E-state index is 12.0. The van der Waals surface area contributed by atoms with Crippen molar-refractivity contribution in [3.8, 4) is 0 Å². The van der Waals surface area contributed by atoms with Gasteiger partial charge in [0.05, 0.1) is 6.04 Å². The van der Waals surface area contributed by atoms with Crippen molar-refractivity contribution >= 4 is 23.6 Å². The zero-order chi connectivity index (χ0) is 13.5. The van der Waals surface area contributed by atoms with Crippen LogP contribution in [0.2, 0.25) is 0 Å². The minimum Gasteiger partial charge on any atom is -0.480 e. The molecule has 3 atom stereocenters. The Balaban J connectivity index is 2.51.